The number of rotatable bonds is 5. The lowest BCUT2D eigenvalue weighted by Gasteiger charge is -2.25. The second-order valence-electron chi connectivity index (χ2n) is 8.94. The summed E-state index contributed by atoms with van der Waals surface area (Å²) >= 11 is 1.51. The first-order valence-electron chi connectivity index (χ1n) is 10.5. The zero-order chi connectivity index (χ0) is 23.0. The molecule has 3 heterocycles. The van der Waals surface area contributed by atoms with E-state index in [0.717, 1.165) is 27.0 Å². The van der Waals surface area contributed by atoms with Gasteiger partial charge in [0.25, 0.3) is 5.91 Å². The van der Waals surface area contributed by atoms with Crippen molar-refractivity contribution in [2.24, 2.45) is 0 Å². The third kappa shape index (κ3) is 4.52. The van der Waals surface area contributed by atoms with Gasteiger partial charge in [0.15, 0.2) is 0 Å². The molecule has 170 valence electrons. The summed E-state index contributed by atoms with van der Waals surface area (Å²) in [5, 5.41) is 5.65. The van der Waals surface area contributed by atoms with Crippen LogP contribution in [-0.4, -0.2) is 42.2 Å². The highest BCUT2D eigenvalue weighted by Gasteiger charge is 2.29. The predicted octanol–water partition coefficient (Wildman–Crippen LogP) is 4.37. The minimum absolute atomic E-state index is 0.172. The van der Waals surface area contributed by atoms with E-state index in [-0.39, 0.29) is 18.0 Å². The normalized spacial score (nSPS) is 16.0. The van der Waals surface area contributed by atoms with E-state index in [1.54, 1.807) is 7.11 Å². The van der Waals surface area contributed by atoms with Crippen molar-refractivity contribution in [1.82, 2.24) is 10.3 Å². The van der Waals surface area contributed by atoms with Gasteiger partial charge in [-0.2, -0.15) is 0 Å². The highest BCUT2D eigenvalue weighted by Crippen LogP contribution is 2.31. The molecule has 0 fully saturated rings. The highest BCUT2D eigenvalue weighted by molar-refractivity contribution is 7.10. The van der Waals surface area contributed by atoms with Gasteiger partial charge in [0, 0.05) is 39.8 Å². The molecular weight excluding hydrogens is 428 g/mol. The summed E-state index contributed by atoms with van der Waals surface area (Å²) in [5.74, 6) is 0.206. The van der Waals surface area contributed by atoms with Crippen LogP contribution in [0.3, 0.4) is 0 Å². The van der Waals surface area contributed by atoms with Crippen LogP contribution in [-0.2, 0) is 22.5 Å². The molecule has 0 aliphatic carbocycles. The number of aromatic amines is 1. The Morgan fingerprint density at radius 2 is 2.09 bits per heavy atom. The smallest absolute Gasteiger partial charge is 0.339 e. The fourth-order valence-electron chi connectivity index (χ4n) is 3.90. The summed E-state index contributed by atoms with van der Waals surface area (Å²) in [6.07, 6.45) is 0.330. The Labute approximate surface area is 191 Å². The number of carbonyl (C=O) groups is 2. The van der Waals surface area contributed by atoms with Gasteiger partial charge in [0.2, 0.25) is 0 Å². The number of esters is 1. The number of fused-ring (bicyclic) bond motifs is 2. The van der Waals surface area contributed by atoms with Crippen LogP contribution in [0.5, 0.6) is 5.75 Å². The minimum atomic E-state index is -0.551. The summed E-state index contributed by atoms with van der Waals surface area (Å²) in [7, 11) is 1.60. The zero-order valence-corrected chi connectivity index (χ0v) is 19.8. The fourth-order valence-corrected chi connectivity index (χ4v) is 4.87. The molecular formula is C24H28N2O5S. The molecule has 1 atom stereocenters. The summed E-state index contributed by atoms with van der Waals surface area (Å²) in [5.41, 5.74) is 3.28. The monoisotopic (exact) mass is 456 g/mol. The average molecular weight is 457 g/mol. The number of H-pyrrole nitrogens is 1. The summed E-state index contributed by atoms with van der Waals surface area (Å²) in [6.45, 7) is 8.21. The van der Waals surface area contributed by atoms with Crippen LogP contribution in [0, 0.1) is 6.92 Å². The van der Waals surface area contributed by atoms with Gasteiger partial charge in [-0.3, -0.25) is 4.79 Å². The van der Waals surface area contributed by atoms with Crippen LogP contribution in [0.15, 0.2) is 23.6 Å². The number of aryl methyl sites for hydroxylation is 1. The molecule has 32 heavy (non-hydrogen) atoms. The van der Waals surface area contributed by atoms with Crippen molar-refractivity contribution in [3.8, 4) is 5.75 Å². The molecule has 1 aromatic carbocycles. The van der Waals surface area contributed by atoms with E-state index in [2.05, 4.69) is 10.3 Å². The molecule has 2 aromatic heterocycles. The molecule has 1 aliphatic heterocycles. The van der Waals surface area contributed by atoms with E-state index in [9.17, 15) is 9.59 Å². The molecule has 8 heteroatoms. The second kappa shape index (κ2) is 8.60. The number of methoxy groups -OCH3 is 1. The Bertz CT molecular complexity index is 1170. The van der Waals surface area contributed by atoms with Gasteiger partial charge in [0.05, 0.1) is 30.9 Å². The molecule has 1 aliphatic rings. The maximum Gasteiger partial charge on any atom is 0.339 e. The van der Waals surface area contributed by atoms with Crippen LogP contribution >= 0.6 is 11.3 Å². The molecule has 0 saturated carbocycles. The topological polar surface area (TPSA) is 89.7 Å². The average Bonchev–Trinajstić information content (AvgIpc) is 3.29. The second-order valence-corrected chi connectivity index (χ2v) is 9.90. The van der Waals surface area contributed by atoms with Crippen molar-refractivity contribution in [2.75, 3.05) is 13.7 Å². The number of aromatic nitrogens is 1. The zero-order valence-electron chi connectivity index (χ0n) is 19.0. The third-order valence-corrected chi connectivity index (χ3v) is 6.39. The SMILES string of the molecule is COc1ccc2[nH]c(C)c(C(=O)NCC3Cc4c(C(=O)OC(C)(C)C)csc4CO3)c2c1. The van der Waals surface area contributed by atoms with Gasteiger partial charge in [-0.15, -0.1) is 11.3 Å². The highest BCUT2D eigenvalue weighted by atomic mass is 32.1. The van der Waals surface area contributed by atoms with Crippen molar-refractivity contribution < 1.29 is 23.8 Å². The predicted molar refractivity (Wildman–Crippen MR) is 124 cm³/mol. The number of nitrogens with one attached hydrogen (secondary N) is 2. The van der Waals surface area contributed by atoms with E-state index < -0.39 is 5.60 Å². The molecule has 4 rings (SSSR count). The molecule has 0 radical (unpaired) electrons. The molecule has 0 bridgehead atoms. The quantitative estimate of drug-likeness (QED) is 0.557. The number of carbonyl (C=O) groups excluding carboxylic acids is 2. The lowest BCUT2D eigenvalue weighted by atomic mass is 10.0. The summed E-state index contributed by atoms with van der Waals surface area (Å²) in [6, 6.07) is 5.62. The first-order valence-corrected chi connectivity index (χ1v) is 11.4. The van der Waals surface area contributed by atoms with E-state index >= 15 is 0 Å². The fraction of sp³-hybridized carbons (Fsp3) is 0.417. The van der Waals surface area contributed by atoms with Crippen molar-refractivity contribution >= 4 is 34.1 Å². The molecule has 0 spiro atoms. The first-order chi connectivity index (χ1) is 15.2. The summed E-state index contributed by atoms with van der Waals surface area (Å²) < 4.78 is 16.8. The van der Waals surface area contributed by atoms with Crippen LogP contribution in [0.25, 0.3) is 10.9 Å². The van der Waals surface area contributed by atoms with Crippen molar-refractivity contribution in [3.05, 3.63) is 50.8 Å². The van der Waals surface area contributed by atoms with Crippen LogP contribution in [0.2, 0.25) is 0 Å². The Morgan fingerprint density at radius 1 is 1.31 bits per heavy atom. The Morgan fingerprint density at radius 3 is 2.81 bits per heavy atom. The lowest BCUT2D eigenvalue weighted by Crippen LogP contribution is -2.37. The third-order valence-electron chi connectivity index (χ3n) is 5.39. The van der Waals surface area contributed by atoms with Crippen molar-refractivity contribution in [3.63, 3.8) is 0 Å². The summed E-state index contributed by atoms with van der Waals surface area (Å²) in [4.78, 5) is 29.9. The maximum absolute atomic E-state index is 13.0. The van der Waals surface area contributed by atoms with Crippen molar-refractivity contribution in [1.29, 1.82) is 0 Å². The van der Waals surface area contributed by atoms with Crippen LogP contribution < -0.4 is 10.1 Å². The van der Waals surface area contributed by atoms with E-state index in [1.807, 2.05) is 51.3 Å². The first kappa shape index (κ1) is 22.4. The van der Waals surface area contributed by atoms with Crippen LogP contribution in [0.1, 0.15) is 57.6 Å². The molecule has 1 unspecified atom stereocenters. The number of ether oxygens (including phenoxy) is 3. The van der Waals surface area contributed by atoms with Gasteiger partial charge in [0.1, 0.15) is 11.4 Å². The lowest BCUT2D eigenvalue weighted by molar-refractivity contribution is 0.00602. The van der Waals surface area contributed by atoms with E-state index in [1.165, 1.54) is 11.3 Å². The molecule has 1 amide bonds. The van der Waals surface area contributed by atoms with E-state index in [4.69, 9.17) is 14.2 Å². The Kier molecular flexibility index (Phi) is 6.01. The van der Waals surface area contributed by atoms with Gasteiger partial charge in [-0.1, -0.05) is 0 Å². The Balaban J connectivity index is 1.46. The molecule has 3 aromatic rings. The molecule has 7 nitrogen and oxygen atoms in total. The van der Waals surface area contributed by atoms with Crippen LogP contribution in [0.4, 0.5) is 0 Å². The minimum Gasteiger partial charge on any atom is -0.497 e. The standard InChI is InChI=1S/C24H28N2O5S/c1-13-21(17-8-14(29-5)6-7-19(17)26-13)22(27)25-10-15-9-16-18(12-32-20(16)11-30-15)23(28)31-24(2,3)4/h6-8,12,15,26H,9-11H2,1-5H3,(H,25,27). The number of benzene rings is 1. The van der Waals surface area contributed by atoms with Gasteiger partial charge >= 0.3 is 5.97 Å². The number of thiophene rings is 1. The Hall–Kier alpha value is -2.84. The largest absolute Gasteiger partial charge is 0.497 e. The number of hydrogen-bond acceptors (Lipinski definition) is 6. The number of amides is 1. The van der Waals surface area contributed by atoms with Gasteiger partial charge in [-0.05, 0) is 51.5 Å². The van der Waals surface area contributed by atoms with Gasteiger partial charge in [-0.25, -0.2) is 4.79 Å². The number of hydrogen-bond donors (Lipinski definition) is 2. The molecule has 2 N–H and O–H groups in total. The van der Waals surface area contributed by atoms with Gasteiger partial charge < -0.3 is 24.5 Å². The molecule has 0 saturated heterocycles. The maximum atomic E-state index is 13.0. The van der Waals surface area contributed by atoms with Crippen molar-refractivity contribution in [2.45, 2.75) is 52.4 Å². The van der Waals surface area contributed by atoms with E-state index in [0.29, 0.717) is 36.4 Å².